The number of morpholine rings is 1. The summed E-state index contributed by atoms with van der Waals surface area (Å²) in [6.07, 6.45) is 3.67. The number of hydrogen-bond donors (Lipinski definition) is 2. The molecule has 6 heteroatoms. The van der Waals surface area contributed by atoms with Crippen LogP contribution in [0.4, 0.5) is 0 Å². The fourth-order valence-electron chi connectivity index (χ4n) is 3.82. The fourth-order valence-corrected chi connectivity index (χ4v) is 3.82. The van der Waals surface area contributed by atoms with Crippen molar-refractivity contribution in [3.05, 3.63) is 29.0 Å². The minimum Gasteiger partial charge on any atom is -0.508 e. The first-order valence-corrected chi connectivity index (χ1v) is 8.52. The number of benzene rings is 1. The zero-order valence-electron chi connectivity index (χ0n) is 13.6. The van der Waals surface area contributed by atoms with Gasteiger partial charge in [0.25, 0.3) is 0 Å². The van der Waals surface area contributed by atoms with Gasteiger partial charge in [-0.05, 0) is 31.4 Å². The van der Waals surface area contributed by atoms with Crippen LogP contribution in [0.3, 0.4) is 0 Å². The number of carbonyl (C=O) groups excluding carboxylic acids is 1. The van der Waals surface area contributed by atoms with E-state index in [0.29, 0.717) is 26.2 Å². The highest BCUT2D eigenvalue weighted by Gasteiger charge is 2.27. The molecule has 0 bridgehead atoms. The number of phenols is 1. The summed E-state index contributed by atoms with van der Waals surface area (Å²) in [5.41, 5.74) is 8.32. The van der Waals surface area contributed by atoms with Crippen LogP contribution >= 0.6 is 0 Å². The van der Waals surface area contributed by atoms with E-state index in [2.05, 4.69) is 4.90 Å². The molecule has 0 radical (unpaired) electrons. The van der Waals surface area contributed by atoms with Gasteiger partial charge >= 0.3 is 0 Å². The SMILES string of the molecule is NC(=O)[C@H]1CN(Cc2c(O)ccc3oc4c(c23)CCCC4)CCO1. The maximum absolute atomic E-state index is 11.4. The van der Waals surface area contributed by atoms with Gasteiger partial charge in [-0.1, -0.05) is 0 Å². The zero-order valence-corrected chi connectivity index (χ0v) is 13.6. The molecule has 4 rings (SSSR count). The number of primary amides is 1. The first-order valence-electron chi connectivity index (χ1n) is 8.52. The quantitative estimate of drug-likeness (QED) is 0.894. The van der Waals surface area contributed by atoms with Gasteiger partial charge in [-0.3, -0.25) is 9.69 Å². The molecule has 3 N–H and O–H groups in total. The highest BCUT2D eigenvalue weighted by Crippen LogP contribution is 2.38. The molecule has 24 heavy (non-hydrogen) atoms. The number of fused-ring (bicyclic) bond motifs is 3. The molecule has 2 aliphatic rings. The minimum absolute atomic E-state index is 0.277. The molecule has 2 heterocycles. The Morgan fingerprint density at radius 1 is 1.33 bits per heavy atom. The number of phenolic OH excluding ortho intramolecular Hbond substituents is 1. The molecule has 0 saturated carbocycles. The summed E-state index contributed by atoms with van der Waals surface area (Å²) in [7, 11) is 0. The maximum Gasteiger partial charge on any atom is 0.247 e. The summed E-state index contributed by atoms with van der Waals surface area (Å²) in [4.78, 5) is 13.5. The number of carbonyl (C=O) groups is 1. The highest BCUT2D eigenvalue weighted by molar-refractivity contribution is 5.88. The topological polar surface area (TPSA) is 88.9 Å². The number of ether oxygens (including phenoxy) is 1. The van der Waals surface area contributed by atoms with Gasteiger partial charge in [0.15, 0.2) is 0 Å². The van der Waals surface area contributed by atoms with E-state index < -0.39 is 12.0 Å². The van der Waals surface area contributed by atoms with Gasteiger partial charge in [-0.2, -0.15) is 0 Å². The van der Waals surface area contributed by atoms with E-state index in [4.69, 9.17) is 14.9 Å². The number of rotatable bonds is 3. The zero-order chi connectivity index (χ0) is 16.7. The van der Waals surface area contributed by atoms with Gasteiger partial charge in [-0.15, -0.1) is 0 Å². The van der Waals surface area contributed by atoms with Crippen LogP contribution in [0.1, 0.15) is 29.7 Å². The molecule has 1 aromatic carbocycles. The molecule has 1 saturated heterocycles. The Hall–Kier alpha value is -2.05. The van der Waals surface area contributed by atoms with Crippen molar-refractivity contribution < 1.29 is 19.1 Å². The van der Waals surface area contributed by atoms with Crippen LogP contribution in [0.15, 0.2) is 16.5 Å². The molecule has 0 unspecified atom stereocenters. The highest BCUT2D eigenvalue weighted by atomic mass is 16.5. The second-order valence-corrected chi connectivity index (χ2v) is 6.64. The number of aryl methyl sites for hydroxylation is 2. The first kappa shape index (κ1) is 15.5. The van der Waals surface area contributed by atoms with Crippen molar-refractivity contribution >= 4 is 16.9 Å². The third-order valence-corrected chi connectivity index (χ3v) is 5.05. The van der Waals surface area contributed by atoms with Crippen molar-refractivity contribution in [1.29, 1.82) is 0 Å². The summed E-state index contributed by atoms with van der Waals surface area (Å²) < 4.78 is 11.4. The van der Waals surface area contributed by atoms with Crippen molar-refractivity contribution in [2.24, 2.45) is 5.73 Å². The maximum atomic E-state index is 11.4. The van der Waals surface area contributed by atoms with Crippen LogP contribution in [0.5, 0.6) is 5.75 Å². The predicted molar refractivity (Wildman–Crippen MR) is 88.7 cm³/mol. The second kappa shape index (κ2) is 6.11. The normalized spacial score (nSPS) is 21.8. The molecule has 1 atom stereocenters. The molecular formula is C18H22N2O4. The van der Waals surface area contributed by atoms with E-state index in [1.807, 2.05) is 6.07 Å². The molecule has 1 aliphatic heterocycles. The van der Waals surface area contributed by atoms with Crippen LogP contribution in [-0.2, 0) is 28.9 Å². The lowest BCUT2D eigenvalue weighted by Crippen LogP contribution is -2.47. The average Bonchev–Trinajstić information content (AvgIpc) is 2.96. The van der Waals surface area contributed by atoms with E-state index in [1.165, 1.54) is 5.56 Å². The Kier molecular flexibility index (Phi) is 3.94. The summed E-state index contributed by atoms with van der Waals surface area (Å²) in [5.74, 6) is 0.890. The van der Waals surface area contributed by atoms with E-state index in [-0.39, 0.29) is 5.75 Å². The van der Waals surface area contributed by atoms with Gasteiger partial charge in [0.1, 0.15) is 23.2 Å². The van der Waals surface area contributed by atoms with Crippen LogP contribution in [-0.4, -0.2) is 41.7 Å². The molecule has 128 valence electrons. The summed E-state index contributed by atoms with van der Waals surface area (Å²) in [6, 6.07) is 3.54. The van der Waals surface area contributed by atoms with Gasteiger partial charge in [0.05, 0.1) is 6.61 Å². The number of furan rings is 1. The van der Waals surface area contributed by atoms with Crippen molar-refractivity contribution in [2.75, 3.05) is 19.7 Å². The van der Waals surface area contributed by atoms with Crippen LogP contribution < -0.4 is 5.73 Å². The lowest BCUT2D eigenvalue weighted by Gasteiger charge is -2.31. The Balaban J connectivity index is 1.69. The first-order chi connectivity index (χ1) is 11.6. The number of nitrogens with zero attached hydrogens (tertiary/aromatic N) is 1. The lowest BCUT2D eigenvalue weighted by molar-refractivity contribution is -0.135. The molecule has 1 aromatic heterocycles. The Bertz CT molecular complexity index is 783. The number of aromatic hydroxyl groups is 1. The monoisotopic (exact) mass is 330 g/mol. The average molecular weight is 330 g/mol. The fraction of sp³-hybridized carbons (Fsp3) is 0.500. The van der Waals surface area contributed by atoms with Crippen LogP contribution in [0.25, 0.3) is 11.0 Å². The van der Waals surface area contributed by atoms with Gasteiger partial charge in [0.2, 0.25) is 5.91 Å². The van der Waals surface area contributed by atoms with Crippen LogP contribution in [0.2, 0.25) is 0 Å². The Labute approximate surface area is 140 Å². The summed E-state index contributed by atoms with van der Waals surface area (Å²) in [6.45, 7) is 2.18. The summed E-state index contributed by atoms with van der Waals surface area (Å²) >= 11 is 0. The van der Waals surface area contributed by atoms with Crippen LogP contribution in [0, 0.1) is 0 Å². The Morgan fingerprint density at radius 2 is 2.17 bits per heavy atom. The smallest absolute Gasteiger partial charge is 0.247 e. The Morgan fingerprint density at radius 3 is 3.00 bits per heavy atom. The van der Waals surface area contributed by atoms with E-state index in [9.17, 15) is 9.90 Å². The predicted octanol–water partition coefficient (Wildman–Crippen LogP) is 1.70. The number of hydrogen-bond acceptors (Lipinski definition) is 5. The third kappa shape index (κ3) is 2.65. The molecule has 1 amide bonds. The summed E-state index contributed by atoms with van der Waals surface area (Å²) in [5, 5.41) is 11.5. The second-order valence-electron chi connectivity index (χ2n) is 6.64. The van der Waals surface area contributed by atoms with Crippen molar-refractivity contribution in [3.63, 3.8) is 0 Å². The molecule has 1 aliphatic carbocycles. The van der Waals surface area contributed by atoms with E-state index >= 15 is 0 Å². The minimum atomic E-state index is -0.585. The largest absolute Gasteiger partial charge is 0.508 e. The van der Waals surface area contributed by atoms with E-state index in [0.717, 1.165) is 48.0 Å². The van der Waals surface area contributed by atoms with Gasteiger partial charge < -0.3 is 20.0 Å². The molecule has 2 aromatic rings. The van der Waals surface area contributed by atoms with Gasteiger partial charge in [-0.25, -0.2) is 0 Å². The van der Waals surface area contributed by atoms with Crippen molar-refractivity contribution in [3.8, 4) is 5.75 Å². The molecule has 6 nitrogen and oxygen atoms in total. The van der Waals surface area contributed by atoms with Crippen molar-refractivity contribution in [1.82, 2.24) is 4.90 Å². The molecule has 0 spiro atoms. The number of amides is 1. The number of nitrogens with two attached hydrogens (primary N) is 1. The molecular weight excluding hydrogens is 308 g/mol. The van der Waals surface area contributed by atoms with Gasteiger partial charge in [0, 0.05) is 42.6 Å². The lowest BCUT2D eigenvalue weighted by atomic mass is 9.93. The van der Waals surface area contributed by atoms with Crippen molar-refractivity contribution in [2.45, 2.75) is 38.3 Å². The molecule has 1 fully saturated rings. The standard InChI is InChI=1S/C18H22N2O4/c19-18(22)16-10-20(7-8-23-16)9-12-13(21)5-6-15-17(12)11-3-1-2-4-14(11)24-15/h5-6,16,21H,1-4,7-10H2,(H2,19,22)/t16-/m1/s1. The third-order valence-electron chi connectivity index (χ3n) is 5.05. The van der Waals surface area contributed by atoms with E-state index in [1.54, 1.807) is 6.07 Å².